The maximum absolute atomic E-state index is 5.76. The van der Waals surface area contributed by atoms with Crippen LogP contribution in [0.15, 0.2) is 26.9 Å². The first-order valence-electron chi connectivity index (χ1n) is 8.56. The normalized spacial score (nSPS) is 21.1. The van der Waals surface area contributed by atoms with E-state index in [-0.39, 0.29) is 18.0 Å². The molecule has 1 aliphatic rings. The largest absolute Gasteiger partial charge is 0.480 e. The van der Waals surface area contributed by atoms with Crippen LogP contribution in [0, 0.1) is 5.92 Å². The summed E-state index contributed by atoms with van der Waals surface area (Å²) in [6.07, 6.45) is 5.84. The maximum atomic E-state index is 5.76. The lowest BCUT2D eigenvalue weighted by Gasteiger charge is -2.27. The average molecular weight is 333 g/mol. The van der Waals surface area contributed by atoms with Gasteiger partial charge in [0, 0.05) is 6.42 Å². The lowest BCUT2D eigenvalue weighted by atomic mass is 10.0. The van der Waals surface area contributed by atoms with Gasteiger partial charge in [-0.25, -0.2) is 15.0 Å². The smallest absolute Gasteiger partial charge is 0.210 e. The number of nitrogens with zero attached hydrogens (tertiary/aromatic N) is 3. The van der Waals surface area contributed by atoms with Crippen LogP contribution in [0.3, 0.4) is 0 Å². The third-order valence-electron chi connectivity index (χ3n) is 3.68. The fourth-order valence-electron chi connectivity index (χ4n) is 2.58. The van der Waals surface area contributed by atoms with E-state index in [1.54, 1.807) is 0 Å². The summed E-state index contributed by atoms with van der Waals surface area (Å²) in [5.41, 5.74) is 0.841. The summed E-state index contributed by atoms with van der Waals surface area (Å²) in [6.45, 7) is 11.2. The zero-order valence-corrected chi connectivity index (χ0v) is 15.2. The van der Waals surface area contributed by atoms with Crippen LogP contribution in [0.5, 0.6) is 0 Å². The molecular weight excluding hydrogens is 306 g/mol. The van der Waals surface area contributed by atoms with E-state index >= 15 is 0 Å². The van der Waals surface area contributed by atoms with Crippen LogP contribution >= 0.6 is 0 Å². The standard InChI is InChI=1S/C18H27N3O3/c1-6-9-15-13(19-11-24-15)10-14-17(22-7-2)21-16(12(4)5)18(20-14)23-8-3/h6,9,11-12,14,16H,7-8,10H2,1-5H3/b9-6+. The second kappa shape index (κ2) is 8.66. The fraction of sp³-hybridized carbons (Fsp3) is 0.611. The van der Waals surface area contributed by atoms with Crippen LogP contribution in [0.25, 0.3) is 6.08 Å². The Morgan fingerprint density at radius 1 is 1.17 bits per heavy atom. The summed E-state index contributed by atoms with van der Waals surface area (Å²) >= 11 is 0. The van der Waals surface area contributed by atoms with Crippen molar-refractivity contribution in [3.05, 3.63) is 23.9 Å². The van der Waals surface area contributed by atoms with E-state index in [2.05, 4.69) is 18.8 Å². The van der Waals surface area contributed by atoms with Crippen LogP contribution in [0.4, 0.5) is 0 Å². The molecule has 0 saturated heterocycles. The van der Waals surface area contributed by atoms with Gasteiger partial charge in [0.1, 0.15) is 17.8 Å². The molecule has 2 heterocycles. The van der Waals surface area contributed by atoms with Crippen molar-refractivity contribution in [3.8, 4) is 0 Å². The second-order valence-electron chi connectivity index (χ2n) is 5.87. The molecule has 2 unspecified atom stereocenters. The Labute approximate surface area is 143 Å². The van der Waals surface area contributed by atoms with E-state index in [0.717, 1.165) is 11.5 Å². The minimum Gasteiger partial charge on any atom is -0.480 e. The van der Waals surface area contributed by atoms with Gasteiger partial charge in [0.2, 0.25) is 11.8 Å². The highest BCUT2D eigenvalue weighted by Crippen LogP contribution is 2.21. The van der Waals surface area contributed by atoms with Crippen LogP contribution in [-0.2, 0) is 15.9 Å². The number of rotatable bonds is 6. The van der Waals surface area contributed by atoms with Gasteiger partial charge >= 0.3 is 0 Å². The predicted molar refractivity (Wildman–Crippen MR) is 95.5 cm³/mol. The van der Waals surface area contributed by atoms with Crippen molar-refractivity contribution in [2.24, 2.45) is 15.9 Å². The zero-order chi connectivity index (χ0) is 17.5. The summed E-state index contributed by atoms with van der Waals surface area (Å²) in [7, 11) is 0. The van der Waals surface area contributed by atoms with E-state index in [1.807, 2.05) is 32.9 Å². The highest BCUT2D eigenvalue weighted by molar-refractivity contribution is 5.94. The van der Waals surface area contributed by atoms with Gasteiger partial charge in [-0.1, -0.05) is 19.9 Å². The number of hydrogen-bond donors (Lipinski definition) is 0. The molecule has 2 rings (SSSR count). The number of hydrogen-bond acceptors (Lipinski definition) is 6. The van der Waals surface area contributed by atoms with Gasteiger partial charge in [0.15, 0.2) is 6.39 Å². The van der Waals surface area contributed by atoms with E-state index in [1.165, 1.54) is 6.39 Å². The van der Waals surface area contributed by atoms with Crippen molar-refractivity contribution >= 4 is 17.9 Å². The van der Waals surface area contributed by atoms with Gasteiger partial charge in [-0.3, -0.25) is 0 Å². The van der Waals surface area contributed by atoms with Crippen molar-refractivity contribution in [2.75, 3.05) is 13.2 Å². The Kier molecular flexibility index (Phi) is 6.58. The van der Waals surface area contributed by atoms with Gasteiger partial charge < -0.3 is 13.9 Å². The van der Waals surface area contributed by atoms with Gasteiger partial charge in [-0.05, 0) is 32.8 Å². The Hall–Kier alpha value is -2.11. The number of aliphatic imine (C=N–C) groups is 2. The monoisotopic (exact) mass is 333 g/mol. The van der Waals surface area contributed by atoms with Crippen LogP contribution in [-0.4, -0.2) is 42.1 Å². The number of oxazole rings is 1. The molecule has 6 nitrogen and oxygen atoms in total. The summed E-state index contributed by atoms with van der Waals surface area (Å²) in [5.74, 6) is 2.36. The van der Waals surface area contributed by atoms with E-state index in [4.69, 9.17) is 23.9 Å². The zero-order valence-electron chi connectivity index (χ0n) is 15.2. The van der Waals surface area contributed by atoms with Gasteiger partial charge in [-0.15, -0.1) is 0 Å². The van der Waals surface area contributed by atoms with Crippen LogP contribution in [0.2, 0.25) is 0 Å². The minimum atomic E-state index is -0.240. The molecule has 6 heteroatoms. The Balaban J connectivity index is 2.30. The molecule has 0 aromatic carbocycles. The van der Waals surface area contributed by atoms with Crippen molar-refractivity contribution < 1.29 is 13.9 Å². The third-order valence-corrected chi connectivity index (χ3v) is 3.68. The molecular formula is C18H27N3O3. The van der Waals surface area contributed by atoms with Crippen molar-refractivity contribution in [3.63, 3.8) is 0 Å². The first kappa shape index (κ1) is 18.2. The molecule has 1 aliphatic heterocycles. The fourth-order valence-corrected chi connectivity index (χ4v) is 2.58. The van der Waals surface area contributed by atoms with E-state index in [0.29, 0.717) is 31.4 Å². The Bertz CT molecular complexity index is 617. The molecule has 0 amide bonds. The molecule has 24 heavy (non-hydrogen) atoms. The molecule has 2 atom stereocenters. The van der Waals surface area contributed by atoms with Crippen molar-refractivity contribution in [1.82, 2.24) is 4.98 Å². The molecule has 132 valence electrons. The van der Waals surface area contributed by atoms with E-state index < -0.39 is 0 Å². The van der Waals surface area contributed by atoms with Gasteiger partial charge in [-0.2, -0.15) is 0 Å². The predicted octanol–water partition coefficient (Wildman–Crippen LogP) is 3.53. The summed E-state index contributed by atoms with van der Waals surface area (Å²) < 4.78 is 16.9. The Morgan fingerprint density at radius 3 is 2.50 bits per heavy atom. The lowest BCUT2D eigenvalue weighted by molar-refractivity contribution is 0.275. The molecule has 0 saturated carbocycles. The first-order chi connectivity index (χ1) is 11.6. The van der Waals surface area contributed by atoms with Crippen molar-refractivity contribution in [1.29, 1.82) is 0 Å². The summed E-state index contributed by atoms with van der Waals surface area (Å²) in [4.78, 5) is 13.9. The van der Waals surface area contributed by atoms with E-state index in [9.17, 15) is 0 Å². The van der Waals surface area contributed by atoms with Gasteiger partial charge in [0.25, 0.3) is 0 Å². The molecule has 0 spiro atoms. The molecule has 0 N–H and O–H groups in total. The maximum Gasteiger partial charge on any atom is 0.210 e. The Morgan fingerprint density at radius 2 is 1.88 bits per heavy atom. The van der Waals surface area contributed by atoms with Crippen LogP contribution in [0.1, 0.15) is 46.1 Å². The summed E-state index contributed by atoms with van der Waals surface area (Å²) in [5, 5.41) is 0. The highest BCUT2D eigenvalue weighted by atomic mass is 16.5. The second-order valence-corrected chi connectivity index (χ2v) is 5.87. The lowest BCUT2D eigenvalue weighted by Crippen LogP contribution is -2.39. The molecule has 0 radical (unpaired) electrons. The van der Waals surface area contributed by atoms with Crippen LogP contribution < -0.4 is 0 Å². The number of aromatic nitrogens is 1. The molecule has 0 fully saturated rings. The number of ether oxygens (including phenoxy) is 2. The molecule has 1 aromatic rings. The summed E-state index contributed by atoms with van der Waals surface area (Å²) in [6, 6.07) is -0.342. The molecule has 0 bridgehead atoms. The first-order valence-corrected chi connectivity index (χ1v) is 8.56. The highest BCUT2D eigenvalue weighted by Gasteiger charge is 2.32. The third kappa shape index (κ3) is 4.24. The molecule has 1 aromatic heterocycles. The minimum absolute atomic E-state index is 0.102. The molecule has 0 aliphatic carbocycles. The average Bonchev–Trinajstić information content (AvgIpc) is 2.97. The van der Waals surface area contributed by atoms with Gasteiger partial charge in [0.05, 0.1) is 18.9 Å². The SMILES string of the molecule is C/C=C/c1ocnc1CC1N=C(OCC)C(C(C)C)N=C1OCC. The number of allylic oxidation sites excluding steroid dienone is 1. The van der Waals surface area contributed by atoms with Crippen molar-refractivity contribution in [2.45, 2.75) is 53.1 Å². The topological polar surface area (TPSA) is 69.2 Å². The quantitative estimate of drug-likeness (QED) is 0.798.